The molecule has 1 saturated heterocycles. The quantitative estimate of drug-likeness (QED) is 0.591. The Balaban J connectivity index is 1.71. The highest BCUT2D eigenvalue weighted by molar-refractivity contribution is 14.1. The van der Waals surface area contributed by atoms with Gasteiger partial charge in [-0.3, -0.25) is 0 Å². The normalized spacial score (nSPS) is 15.0. The van der Waals surface area contributed by atoms with Crippen molar-refractivity contribution in [2.24, 2.45) is 0 Å². The van der Waals surface area contributed by atoms with E-state index in [2.05, 4.69) is 57.1 Å². The van der Waals surface area contributed by atoms with Gasteiger partial charge in [-0.25, -0.2) is 0 Å². The molecule has 2 aromatic rings. The zero-order chi connectivity index (χ0) is 14.7. The van der Waals surface area contributed by atoms with Gasteiger partial charge in [0.05, 0.1) is 5.69 Å². The summed E-state index contributed by atoms with van der Waals surface area (Å²) in [5, 5.41) is 3.45. The van der Waals surface area contributed by atoms with Crippen LogP contribution < -0.4 is 16.0 Å². The SMILES string of the molecule is Nc1ccc(Nc2ccc(N3CCCCC3)cc2)c(I)c1. The molecule has 0 aliphatic carbocycles. The van der Waals surface area contributed by atoms with E-state index in [9.17, 15) is 0 Å². The van der Waals surface area contributed by atoms with E-state index in [4.69, 9.17) is 5.73 Å². The van der Waals surface area contributed by atoms with E-state index in [-0.39, 0.29) is 0 Å². The van der Waals surface area contributed by atoms with Gasteiger partial charge in [-0.15, -0.1) is 0 Å². The predicted octanol–water partition coefficient (Wildman–Crippen LogP) is 4.61. The fourth-order valence-corrected chi connectivity index (χ4v) is 3.37. The van der Waals surface area contributed by atoms with Gasteiger partial charge in [0.25, 0.3) is 0 Å². The molecule has 1 heterocycles. The second-order valence-corrected chi connectivity index (χ2v) is 6.62. The summed E-state index contributed by atoms with van der Waals surface area (Å²) in [7, 11) is 0. The molecule has 1 aliphatic rings. The van der Waals surface area contributed by atoms with Gasteiger partial charge in [-0.2, -0.15) is 0 Å². The van der Waals surface area contributed by atoms with Crippen LogP contribution >= 0.6 is 22.6 Å². The van der Waals surface area contributed by atoms with Crippen LogP contribution in [0.3, 0.4) is 0 Å². The van der Waals surface area contributed by atoms with E-state index in [0.29, 0.717) is 0 Å². The molecule has 3 N–H and O–H groups in total. The summed E-state index contributed by atoms with van der Waals surface area (Å²) in [5.74, 6) is 0. The maximum Gasteiger partial charge on any atom is 0.0521 e. The third-order valence-electron chi connectivity index (χ3n) is 3.86. The lowest BCUT2D eigenvalue weighted by molar-refractivity contribution is 0.578. The summed E-state index contributed by atoms with van der Waals surface area (Å²) >= 11 is 2.30. The summed E-state index contributed by atoms with van der Waals surface area (Å²) in [6.07, 6.45) is 3.99. The van der Waals surface area contributed by atoms with Crippen molar-refractivity contribution in [3.63, 3.8) is 0 Å². The zero-order valence-corrected chi connectivity index (χ0v) is 14.1. The van der Waals surface area contributed by atoms with Crippen LogP contribution in [0.5, 0.6) is 0 Å². The first kappa shape index (κ1) is 14.5. The molecule has 0 atom stereocenters. The molecule has 0 unspecified atom stereocenters. The molecule has 0 spiro atoms. The molecule has 110 valence electrons. The number of nitrogen functional groups attached to an aromatic ring is 1. The van der Waals surface area contributed by atoms with Gasteiger partial charge in [0.2, 0.25) is 0 Å². The third-order valence-corrected chi connectivity index (χ3v) is 4.75. The van der Waals surface area contributed by atoms with Crippen molar-refractivity contribution < 1.29 is 0 Å². The number of nitrogens with one attached hydrogen (secondary N) is 1. The van der Waals surface area contributed by atoms with E-state index >= 15 is 0 Å². The van der Waals surface area contributed by atoms with Crippen molar-refractivity contribution in [2.45, 2.75) is 19.3 Å². The van der Waals surface area contributed by atoms with Gasteiger partial charge in [-0.1, -0.05) is 0 Å². The predicted molar refractivity (Wildman–Crippen MR) is 99.4 cm³/mol. The lowest BCUT2D eigenvalue weighted by Gasteiger charge is -2.28. The number of nitrogens with two attached hydrogens (primary N) is 1. The highest BCUT2D eigenvalue weighted by Crippen LogP contribution is 2.27. The van der Waals surface area contributed by atoms with Crippen LogP contribution in [0.25, 0.3) is 0 Å². The molecule has 2 aromatic carbocycles. The van der Waals surface area contributed by atoms with Crippen LogP contribution in [-0.2, 0) is 0 Å². The average Bonchev–Trinajstić information content (AvgIpc) is 2.52. The van der Waals surface area contributed by atoms with Crippen LogP contribution in [0.1, 0.15) is 19.3 Å². The monoisotopic (exact) mass is 393 g/mol. The molecule has 0 bridgehead atoms. The molecule has 4 heteroatoms. The molecule has 0 amide bonds. The number of benzene rings is 2. The molecule has 3 nitrogen and oxygen atoms in total. The van der Waals surface area contributed by atoms with Gasteiger partial charge in [0, 0.05) is 33.7 Å². The van der Waals surface area contributed by atoms with Crippen molar-refractivity contribution in [1.29, 1.82) is 0 Å². The van der Waals surface area contributed by atoms with Crippen LogP contribution in [0.15, 0.2) is 42.5 Å². The number of rotatable bonds is 3. The van der Waals surface area contributed by atoms with Crippen LogP contribution in [-0.4, -0.2) is 13.1 Å². The maximum atomic E-state index is 5.79. The number of nitrogens with zero attached hydrogens (tertiary/aromatic N) is 1. The average molecular weight is 393 g/mol. The van der Waals surface area contributed by atoms with E-state index in [1.165, 1.54) is 38.0 Å². The Morgan fingerprint density at radius 2 is 1.67 bits per heavy atom. The van der Waals surface area contributed by atoms with Crippen molar-refractivity contribution in [3.05, 3.63) is 46.0 Å². The lowest BCUT2D eigenvalue weighted by Crippen LogP contribution is -2.29. The number of piperidine rings is 1. The van der Waals surface area contributed by atoms with Gasteiger partial charge >= 0.3 is 0 Å². The van der Waals surface area contributed by atoms with Gasteiger partial charge in [0.1, 0.15) is 0 Å². The second-order valence-electron chi connectivity index (χ2n) is 5.46. The van der Waals surface area contributed by atoms with Crippen LogP contribution in [0, 0.1) is 3.57 Å². The topological polar surface area (TPSA) is 41.3 Å². The number of halogens is 1. The van der Waals surface area contributed by atoms with Crippen molar-refractivity contribution >= 4 is 45.3 Å². The van der Waals surface area contributed by atoms with E-state index in [1.54, 1.807) is 0 Å². The maximum absolute atomic E-state index is 5.79. The molecule has 3 rings (SSSR count). The first-order valence-electron chi connectivity index (χ1n) is 7.39. The van der Waals surface area contributed by atoms with Crippen molar-refractivity contribution in [1.82, 2.24) is 0 Å². The van der Waals surface area contributed by atoms with E-state index in [0.717, 1.165) is 20.6 Å². The molecular weight excluding hydrogens is 373 g/mol. The van der Waals surface area contributed by atoms with Gasteiger partial charge in [-0.05, 0) is 84.3 Å². The summed E-state index contributed by atoms with van der Waals surface area (Å²) in [5.41, 5.74) is 10.1. The summed E-state index contributed by atoms with van der Waals surface area (Å²) in [6, 6.07) is 14.6. The third kappa shape index (κ3) is 3.61. The standard InChI is InChI=1S/C17H20IN3/c18-16-12-13(19)4-9-17(16)20-14-5-7-15(8-6-14)21-10-2-1-3-11-21/h4-9,12,20H,1-3,10-11,19H2. The van der Waals surface area contributed by atoms with E-state index < -0.39 is 0 Å². The molecule has 0 saturated carbocycles. The minimum atomic E-state index is 0.797. The molecule has 0 aromatic heterocycles. The first-order valence-corrected chi connectivity index (χ1v) is 8.47. The number of anilines is 4. The summed E-state index contributed by atoms with van der Waals surface area (Å²) in [6.45, 7) is 2.37. The highest BCUT2D eigenvalue weighted by atomic mass is 127. The first-order chi connectivity index (χ1) is 10.2. The number of hydrogen-bond acceptors (Lipinski definition) is 3. The number of hydrogen-bond donors (Lipinski definition) is 2. The summed E-state index contributed by atoms with van der Waals surface area (Å²) in [4.78, 5) is 2.47. The Morgan fingerprint density at radius 1 is 0.952 bits per heavy atom. The smallest absolute Gasteiger partial charge is 0.0521 e. The fraction of sp³-hybridized carbons (Fsp3) is 0.294. The highest BCUT2D eigenvalue weighted by Gasteiger charge is 2.10. The zero-order valence-electron chi connectivity index (χ0n) is 12.0. The largest absolute Gasteiger partial charge is 0.399 e. The summed E-state index contributed by atoms with van der Waals surface area (Å²) < 4.78 is 1.13. The Hall–Kier alpha value is -1.43. The fourth-order valence-electron chi connectivity index (χ4n) is 2.70. The molecule has 0 radical (unpaired) electrons. The van der Waals surface area contributed by atoms with Crippen molar-refractivity contribution in [3.8, 4) is 0 Å². The Labute approximate surface area is 139 Å². The Kier molecular flexibility index (Phi) is 4.53. The molecule has 1 fully saturated rings. The minimum absolute atomic E-state index is 0.797. The lowest BCUT2D eigenvalue weighted by atomic mass is 10.1. The second kappa shape index (κ2) is 6.56. The Bertz CT molecular complexity index is 604. The van der Waals surface area contributed by atoms with Crippen molar-refractivity contribution in [2.75, 3.05) is 29.0 Å². The van der Waals surface area contributed by atoms with Crippen LogP contribution in [0.4, 0.5) is 22.7 Å². The van der Waals surface area contributed by atoms with Gasteiger partial charge in [0.15, 0.2) is 0 Å². The Morgan fingerprint density at radius 3 is 2.33 bits per heavy atom. The molecule has 1 aliphatic heterocycles. The molecule has 21 heavy (non-hydrogen) atoms. The minimum Gasteiger partial charge on any atom is -0.399 e. The van der Waals surface area contributed by atoms with E-state index in [1.807, 2.05) is 18.2 Å². The van der Waals surface area contributed by atoms with Crippen LogP contribution in [0.2, 0.25) is 0 Å². The molecular formula is C17H20IN3. The van der Waals surface area contributed by atoms with Gasteiger partial charge < -0.3 is 16.0 Å².